The third-order valence-electron chi connectivity index (χ3n) is 5.69. The van der Waals surface area contributed by atoms with Crippen LogP contribution in [0.4, 0.5) is 5.82 Å². The first-order valence-corrected chi connectivity index (χ1v) is 11.9. The standard InChI is InChI=1S/C19H26N6O6S/c20-32(28,29)31-10-12-6-13(7-17(12)26)23-19-15(8-21-11-22-19)18(27)16-3-4-25(24-16)9-14-2-1-5-30-14/h3-4,8,11-14,17,26H,1-2,5-7,9-10H2,(H2,20,28,29)(H,21,22,23)/t12-,13-,14?,17+/m1/s1. The third kappa shape index (κ3) is 5.66. The number of aliphatic hydroxyl groups is 1. The fourth-order valence-electron chi connectivity index (χ4n) is 4.11. The van der Waals surface area contributed by atoms with Crippen molar-refractivity contribution in [3.8, 4) is 0 Å². The highest BCUT2D eigenvalue weighted by Gasteiger charge is 2.35. The van der Waals surface area contributed by atoms with Gasteiger partial charge in [-0.3, -0.25) is 13.7 Å². The van der Waals surface area contributed by atoms with Crippen molar-refractivity contribution >= 4 is 21.9 Å². The molecule has 2 aromatic heterocycles. The van der Waals surface area contributed by atoms with Gasteiger partial charge in [0, 0.05) is 31.0 Å². The average Bonchev–Trinajstić information content (AvgIpc) is 3.48. The van der Waals surface area contributed by atoms with E-state index in [1.54, 1.807) is 16.9 Å². The zero-order valence-corrected chi connectivity index (χ0v) is 18.1. The van der Waals surface area contributed by atoms with Gasteiger partial charge in [-0.25, -0.2) is 15.1 Å². The van der Waals surface area contributed by atoms with E-state index in [4.69, 9.17) is 9.88 Å². The summed E-state index contributed by atoms with van der Waals surface area (Å²) in [6, 6.07) is 1.41. The number of aromatic nitrogens is 4. The maximum absolute atomic E-state index is 13.1. The van der Waals surface area contributed by atoms with E-state index < -0.39 is 22.3 Å². The smallest absolute Gasteiger partial charge is 0.333 e. The quantitative estimate of drug-likeness (QED) is 0.422. The summed E-state index contributed by atoms with van der Waals surface area (Å²) >= 11 is 0. The van der Waals surface area contributed by atoms with Crippen molar-refractivity contribution in [2.75, 3.05) is 18.5 Å². The van der Waals surface area contributed by atoms with Crippen LogP contribution < -0.4 is 10.5 Å². The fraction of sp³-hybridized carbons (Fsp3) is 0.579. The van der Waals surface area contributed by atoms with Gasteiger partial charge in [-0.05, 0) is 31.7 Å². The molecule has 0 radical (unpaired) electrons. The van der Waals surface area contributed by atoms with Crippen molar-refractivity contribution < 1.29 is 27.2 Å². The zero-order chi connectivity index (χ0) is 22.7. The second-order valence-electron chi connectivity index (χ2n) is 8.09. The number of nitrogens with two attached hydrogens (primary N) is 1. The van der Waals surface area contributed by atoms with Gasteiger partial charge in [-0.1, -0.05) is 0 Å². The van der Waals surface area contributed by atoms with Gasteiger partial charge < -0.3 is 15.2 Å². The van der Waals surface area contributed by atoms with Crippen LogP contribution in [0.3, 0.4) is 0 Å². The molecule has 0 bridgehead atoms. The second-order valence-corrected chi connectivity index (χ2v) is 9.31. The summed E-state index contributed by atoms with van der Waals surface area (Å²) in [7, 11) is -4.08. The van der Waals surface area contributed by atoms with Gasteiger partial charge in [-0.2, -0.15) is 13.5 Å². The number of carbonyl (C=O) groups is 1. The highest BCUT2D eigenvalue weighted by molar-refractivity contribution is 7.84. The summed E-state index contributed by atoms with van der Waals surface area (Å²) < 4.78 is 33.9. The van der Waals surface area contributed by atoms with Crippen molar-refractivity contribution in [1.29, 1.82) is 0 Å². The molecule has 4 N–H and O–H groups in total. The van der Waals surface area contributed by atoms with Crippen molar-refractivity contribution in [3.05, 3.63) is 36.0 Å². The van der Waals surface area contributed by atoms with E-state index in [1.165, 1.54) is 12.5 Å². The number of anilines is 1. The predicted molar refractivity (Wildman–Crippen MR) is 112 cm³/mol. The van der Waals surface area contributed by atoms with Crippen LogP contribution in [0, 0.1) is 5.92 Å². The van der Waals surface area contributed by atoms with Crippen molar-refractivity contribution in [1.82, 2.24) is 19.7 Å². The Balaban J connectivity index is 1.42. The largest absolute Gasteiger partial charge is 0.393 e. The molecule has 1 aliphatic heterocycles. The number of aliphatic hydroxyl groups excluding tert-OH is 1. The lowest BCUT2D eigenvalue weighted by Gasteiger charge is -2.15. The lowest BCUT2D eigenvalue weighted by atomic mass is 10.1. The summed E-state index contributed by atoms with van der Waals surface area (Å²) in [4.78, 5) is 21.2. The van der Waals surface area contributed by atoms with Crippen molar-refractivity contribution in [3.63, 3.8) is 0 Å². The highest BCUT2D eigenvalue weighted by Crippen LogP contribution is 2.30. The maximum atomic E-state index is 13.1. The van der Waals surface area contributed by atoms with Crippen LogP contribution in [-0.2, 0) is 25.8 Å². The Hall–Kier alpha value is -2.45. The fourth-order valence-corrected chi connectivity index (χ4v) is 4.47. The SMILES string of the molecule is NS(=O)(=O)OC[C@H]1C[C@@H](Nc2ncncc2C(=O)c2ccn(CC3CCCO3)n2)C[C@@H]1O. The molecule has 2 aliphatic rings. The molecule has 3 heterocycles. The minimum absolute atomic E-state index is 0.107. The van der Waals surface area contributed by atoms with Gasteiger partial charge in [-0.15, -0.1) is 0 Å². The van der Waals surface area contributed by atoms with E-state index in [9.17, 15) is 18.3 Å². The minimum Gasteiger partial charge on any atom is -0.393 e. The molecule has 1 saturated carbocycles. The lowest BCUT2D eigenvalue weighted by molar-refractivity contribution is 0.0932. The van der Waals surface area contributed by atoms with Gasteiger partial charge in [0.25, 0.3) is 0 Å². The molecule has 174 valence electrons. The van der Waals surface area contributed by atoms with Crippen LogP contribution in [0.1, 0.15) is 41.7 Å². The van der Waals surface area contributed by atoms with Crippen LogP contribution in [0.25, 0.3) is 0 Å². The van der Waals surface area contributed by atoms with Crippen LogP contribution in [0.15, 0.2) is 24.8 Å². The van der Waals surface area contributed by atoms with Crippen LogP contribution >= 0.6 is 0 Å². The normalized spacial score (nSPS) is 25.8. The third-order valence-corrected chi connectivity index (χ3v) is 6.15. The maximum Gasteiger partial charge on any atom is 0.333 e. The second kappa shape index (κ2) is 9.58. The number of carbonyl (C=O) groups excluding carboxylic acids is 1. The molecule has 1 saturated heterocycles. The average molecular weight is 467 g/mol. The summed E-state index contributed by atoms with van der Waals surface area (Å²) in [6.07, 6.45) is 6.58. The number of hydrogen-bond donors (Lipinski definition) is 3. The van der Waals surface area contributed by atoms with E-state index in [0.29, 0.717) is 25.2 Å². The van der Waals surface area contributed by atoms with E-state index in [1.807, 2.05) is 0 Å². The molecule has 12 nitrogen and oxygen atoms in total. The molecule has 4 atom stereocenters. The minimum atomic E-state index is -4.08. The van der Waals surface area contributed by atoms with Gasteiger partial charge in [0.1, 0.15) is 17.8 Å². The Morgan fingerprint density at radius 1 is 1.41 bits per heavy atom. The van der Waals surface area contributed by atoms with Crippen LogP contribution in [-0.4, -0.2) is 70.5 Å². The Morgan fingerprint density at radius 2 is 2.25 bits per heavy atom. The van der Waals surface area contributed by atoms with Gasteiger partial charge >= 0.3 is 10.3 Å². The Morgan fingerprint density at radius 3 is 3.00 bits per heavy atom. The molecule has 1 aliphatic carbocycles. The van der Waals surface area contributed by atoms with E-state index in [0.717, 1.165) is 19.4 Å². The number of nitrogens with one attached hydrogen (secondary N) is 1. The molecule has 1 unspecified atom stereocenters. The number of nitrogens with zero attached hydrogens (tertiary/aromatic N) is 4. The molecular formula is C19H26N6O6S. The number of hydrogen-bond acceptors (Lipinski definition) is 10. The Kier molecular flexibility index (Phi) is 6.81. The first-order chi connectivity index (χ1) is 15.3. The van der Waals surface area contributed by atoms with Gasteiger partial charge in [0.05, 0.1) is 30.9 Å². The molecule has 32 heavy (non-hydrogen) atoms. The first kappa shape index (κ1) is 22.7. The van der Waals surface area contributed by atoms with E-state index in [2.05, 4.69) is 24.6 Å². The summed E-state index contributed by atoms with van der Waals surface area (Å²) in [5.41, 5.74) is 0.528. The zero-order valence-electron chi connectivity index (χ0n) is 17.3. The molecule has 0 amide bonds. The van der Waals surface area contributed by atoms with E-state index in [-0.39, 0.29) is 35.8 Å². The number of rotatable bonds is 9. The molecule has 4 rings (SSSR count). The summed E-state index contributed by atoms with van der Waals surface area (Å²) in [5.74, 6) is -0.420. The van der Waals surface area contributed by atoms with E-state index >= 15 is 0 Å². The van der Waals surface area contributed by atoms with Crippen LogP contribution in [0.5, 0.6) is 0 Å². The van der Waals surface area contributed by atoms with Crippen molar-refractivity contribution in [2.24, 2.45) is 11.1 Å². The first-order valence-electron chi connectivity index (χ1n) is 10.4. The monoisotopic (exact) mass is 466 g/mol. The molecule has 0 aromatic carbocycles. The van der Waals surface area contributed by atoms with Crippen LogP contribution in [0.2, 0.25) is 0 Å². The van der Waals surface area contributed by atoms with Crippen molar-refractivity contribution in [2.45, 2.75) is 50.5 Å². The molecule has 13 heteroatoms. The molecular weight excluding hydrogens is 440 g/mol. The number of ketones is 1. The summed E-state index contributed by atoms with van der Waals surface area (Å²) in [6.45, 7) is 1.13. The Bertz CT molecular complexity index is 1050. The number of ether oxygens (including phenoxy) is 1. The lowest BCUT2D eigenvalue weighted by Crippen LogP contribution is -2.24. The van der Waals surface area contributed by atoms with Gasteiger partial charge in [0.15, 0.2) is 0 Å². The molecule has 0 spiro atoms. The molecule has 2 aromatic rings. The predicted octanol–water partition coefficient (Wildman–Crippen LogP) is -0.145. The molecule has 2 fully saturated rings. The summed E-state index contributed by atoms with van der Waals surface area (Å²) in [5, 5.41) is 22.6. The Labute approximate surface area is 185 Å². The van der Waals surface area contributed by atoms with Gasteiger partial charge in [0.2, 0.25) is 5.78 Å². The highest BCUT2D eigenvalue weighted by atomic mass is 32.2. The topological polar surface area (TPSA) is 172 Å².